The lowest BCUT2D eigenvalue weighted by atomic mass is 9.99. The van der Waals surface area contributed by atoms with Gasteiger partial charge in [-0.15, -0.1) is 0 Å². The number of amides is 1. The number of carbonyl (C=O) groups is 1. The summed E-state index contributed by atoms with van der Waals surface area (Å²) in [6, 6.07) is 15.5. The van der Waals surface area contributed by atoms with Crippen LogP contribution in [0.25, 0.3) is 22.6 Å². The normalized spacial score (nSPS) is 13.6. The van der Waals surface area contributed by atoms with Crippen molar-refractivity contribution >= 4 is 29.1 Å². The molecule has 0 radical (unpaired) electrons. The molecule has 0 spiro atoms. The minimum atomic E-state index is -0.593. The number of halogens is 1. The molecule has 0 unspecified atom stereocenters. The highest BCUT2D eigenvalue weighted by atomic mass is 35.5. The highest BCUT2D eigenvalue weighted by Gasteiger charge is 2.24. The summed E-state index contributed by atoms with van der Waals surface area (Å²) in [7, 11) is 3.89. The van der Waals surface area contributed by atoms with E-state index in [4.69, 9.17) is 17.3 Å². The zero-order valence-electron chi connectivity index (χ0n) is 22.2. The maximum atomic E-state index is 12.9. The standard InChI is InChI=1S/C30H30ClN7O/c1-19-4-8-21(31)18-24(19)28-26(29(32)39)23(27(36-28)25-12-13-34-30(33-2)35-25)11-7-20-5-9-22(10-6-20)38-16-14-37(3)15-17-38/h4-6,8-10,12-13,18,36H,14-17H2,1-3H3,(H2,32,39)(H,33,34,35). The van der Waals surface area contributed by atoms with Crippen molar-refractivity contribution in [3.8, 4) is 34.5 Å². The Kier molecular flexibility index (Phi) is 7.55. The third-order valence-electron chi connectivity index (χ3n) is 6.92. The maximum absolute atomic E-state index is 12.9. The van der Waals surface area contributed by atoms with Crippen molar-refractivity contribution in [3.63, 3.8) is 0 Å². The van der Waals surface area contributed by atoms with E-state index in [9.17, 15) is 4.79 Å². The molecule has 0 atom stereocenters. The summed E-state index contributed by atoms with van der Waals surface area (Å²) in [5.41, 5.74) is 12.1. The molecule has 1 saturated heterocycles. The third kappa shape index (κ3) is 5.60. The molecule has 1 aliphatic heterocycles. The zero-order chi connectivity index (χ0) is 27.5. The second kappa shape index (κ2) is 11.2. The highest BCUT2D eigenvalue weighted by molar-refractivity contribution is 6.31. The first-order chi connectivity index (χ1) is 18.8. The summed E-state index contributed by atoms with van der Waals surface area (Å²) >= 11 is 6.33. The monoisotopic (exact) mass is 539 g/mol. The number of nitrogens with zero attached hydrogens (tertiary/aromatic N) is 4. The Hall–Kier alpha value is -4.32. The van der Waals surface area contributed by atoms with Crippen molar-refractivity contribution in [2.45, 2.75) is 6.92 Å². The molecule has 39 heavy (non-hydrogen) atoms. The number of piperazine rings is 1. The predicted molar refractivity (Wildman–Crippen MR) is 157 cm³/mol. The fourth-order valence-electron chi connectivity index (χ4n) is 4.70. The summed E-state index contributed by atoms with van der Waals surface area (Å²) in [5, 5.41) is 3.50. The molecule has 4 aromatic rings. The molecule has 2 aromatic heterocycles. The van der Waals surface area contributed by atoms with Crippen LogP contribution in [0.3, 0.4) is 0 Å². The van der Waals surface area contributed by atoms with Gasteiger partial charge >= 0.3 is 0 Å². The molecule has 198 valence electrons. The largest absolute Gasteiger partial charge is 0.369 e. The van der Waals surface area contributed by atoms with Gasteiger partial charge in [0.2, 0.25) is 5.95 Å². The second-order valence-corrected chi connectivity index (χ2v) is 9.99. The van der Waals surface area contributed by atoms with Gasteiger partial charge in [0.15, 0.2) is 0 Å². The van der Waals surface area contributed by atoms with Gasteiger partial charge in [0.25, 0.3) is 5.91 Å². The third-order valence-corrected chi connectivity index (χ3v) is 7.15. The predicted octanol–water partition coefficient (Wildman–Crippen LogP) is 4.39. The number of likely N-dealkylation sites (N-methyl/N-ethyl adjacent to an activating group) is 1. The summed E-state index contributed by atoms with van der Waals surface area (Å²) in [6.45, 7) is 6.03. The number of rotatable bonds is 5. The molecule has 1 aliphatic rings. The number of nitrogens with two attached hydrogens (primary N) is 1. The summed E-state index contributed by atoms with van der Waals surface area (Å²) in [5.74, 6) is 6.31. The van der Waals surface area contributed by atoms with Gasteiger partial charge in [-0.1, -0.05) is 29.5 Å². The molecular formula is C30H30ClN7O. The van der Waals surface area contributed by atoms with Gasteiger partial charge in [0.1, 0.15) is 0 Å². The van der Waals surface area contributed by atoms with E-state index in [1.54, 1.807) is 19.3 Å². The van der Waals surface area contributed by atoms with Crippen LogP contribution in [0.15, 0.2) is 54.7 Å². The van der Waals surface area contributed by atoms with E-state index in [2.05, 4.69) is 61.1 Å². The number of primary amides is 1. The van der Waals surface area contributed by atoms with E-state index in [1.165, 1.54) is 5.69 Å². The Balaban J connectivity index is 1.61. The van der Waals surface area contributed by atoms with Crippen molar-refractivity contribution in [2.75, 3.05) is 50.5 Å². The highest BCUT2D eigenvalue weighted by Crippen LogP contribution is 2.35. The smallest absolute Gasteiger partial charge is 0.252 e. The summed E-state index contributed by atoms with van der Waals surface area (Å²) in [4.78, 5) is 29.8. The van der Waals surface area contributed by atoms with Crippen molar-refractivity contribution in [2.24, 2.45) is 5.73 Å². The first kappa shape index (κ1) is 26.3. The van der Waals surface area contributed by atoms with Crippen molar-refractivity contribution in [3.05, 3.63) is 82.0 Å². The lowest BCUT2D eigenvalue weighted by Crippen LogP contribution is -2.44. The summed E-state index contributed by atoms with van der Waals surface area (Å²) < 4.78 is 0. The van der Waals surface area contributed by atoms with Crippen LogP contribution in [0, 0.1) is 18.8 Å². The number of H-pyrrole nitrogens is 1. The van der Waals surface area contributed by atoms with Crippen LogP contribution in [-0.4, -0.2) is 66.0 Å². The Bertz CT molecular complexity index is 1580. The average molecular weight is 540 g/mol. The van der Waals surface area contributed by atoms with Crippen LogP contribution in [0.5, 0.6) is 0 Å². The van der Waals surface area contributed by atoms with E-state index in [0.29, 0.717) is 39.2 Å². The van der Waals surface area contributed by atoms with Gasteiger partial charge in [-0.25, -0.2) is 9.97 Å². The van der Waals surface area contributed by atoms with Gasteiger partial charge in [-0.3, -0.25) is 4.79 Å². The molecule has 0 bridgehead atoms. The van der Waals surface area contributed by atoms with Crippen LogP contribution in [0.1, 0.15) is 27.0 Å². The number of carbonyl (C=O) groups excluding carboxylic acids is 1. The van der Waals surface area contributed by atoms with Gasteiger partial charge < -0.3 is 25.8 Å². The van der Waals surface area contributed by atoms with Gasteiger partial charge in [0.05, 0.1) is 28.2 Å². The Morgan fingerprint density at radius 3 is 2.49 bits per heavy atom. The lowest BCUT2D eigenvalue weighted by Gasteiger charge is -2.34. The van der Waals surface area contributed by atoms with Gasteiger partial charge in [0, 0.05) is 61.3 Å². The minimum Gasteiger partial charge on any atom is -0.369 e. The molecular weight excluding hydrogens is 510 g/mol. The SMILES string of the molecule is CNc1nccc(-c2[nH]c(-c3cc(Cl)ccc3C)c(C(N)=O)c2C#Cc2ccc(N3CCN(C)CC3)cc2)n1. The van der Waals surface area contributed by atoms with Crippen molar-refractivity contribution < 1.29 is 4.79 Å². The lowest BCUT2D eigenvalue weighted by molar-refractivity contribution is 0.100. The molecule has 9 heteroatoms. The van der Waals surface area contributed by atoms with Gasteiger partial charge in [-0.2, -0.15) is 0 Å². The van der Waals surface area contributed by atoms with Crippen LogP contribution in [-0.2, 0) is 0 Å². The number of aromatic nitrogens is 3. The van der Waals surface area contributed by atoms with Crippen LogP contribution in [0.4, 0.5) is 11.6 Å². The first-order valence-electron chi connectivity index (χ1n) is 12.7. The molecule has 0 aliphatic carbocycles. The Morgan fingerprint density at radius 1 is 1.05 bits per heavy atom. The van der Waals surface area contributed by atoms with Crippen LogP contribution < -0.4 is 16.0 Å². The molecule has 1 amide bonds. The van der Waals surface area contributed by atoms with E-state index in [-0.39, 0.29) is 0 Å². The Labute approximate surface area is 233 Å². The second-order valence-electron chi connectivity index (χ2n) is 9.55. The molecule has 1 fully saturated rings. The number of nitrogens with one attached hydrogen (secondary N) is 2. The number of hydrogen-bond acceptors (Lipinski definition) is 6. The van der Waals surface area contributed by atoms with E-state index < -0.39 is 5.91 Å². The Morgan fingerprint density at radius 2 is 1.79 bits per heavy atom. The molecule has 3 heterocycles. The first-order valence-corrected chi connectivity index (χ1v) is 13.1. The van der Waals surface area contributed by atoms with Crippen molar-refractivity contribution in [1.82, 2.24) is 19.9 Å². The fourth-order valence-corrected chi connectivity index (χ4v) is 4.87. The van der Waals surface area contributed by atoms with Gasteiger partial charge in [-0.05, 0) is 62.0 Å². The van der Waals surface area contributed by atoms with E-state index in [1.807, 2.05) is 37.3 Å². The topological polar surface area (TPSA) is 103 Å². The van der Waals surface area contributed by atoms with E-state index in [0.717, 1.165) is 42.9 Å². The average Bonchev–Trinajstić information content (AvgIpc) is 3.33. The van der Waals surface area contributed by atoms with Crippen LogP contribution >= 0.6 is 11.6 Å². The molecule has 0 saturated carbocycles. The summed E-state index contributed by atoms with van der Waals surface area (Å²) in [6.07, 6.45) is 1.65. The molecule has 8 nitrogen and oxygen atoms in total. The molecule has 5 rings (SSSR count). The van der Waals surface area contributed by atoms with Crippen LogP contribution in [0.2, 0.25) is 5.02 Å². The van der Waals surface area contributed by atoms with E-state index >= 15 is 0 Å². The number of benzene rings is 2. The quantitative estimate of drug-likeness (QED) is 0.325. The fraction of sp³-hybridized carbons (Fsp3) is 0.233. The number of anilines is 2. The molecule has 2 aromatic carbocycles. The number of aromatic amines is 1. The molecule has 4 N–H and O–H groups in total. The minimum absolute atomic E-state index is 0.293. The number of aryl methyl sites for hydroxylation is 1. The van der Waals surface area contributed by atoms with Crippen molar-refractivity contribution in [1.29, 1.82) is 0 Å². The maximum Gasteiger partial charge on any atom is 0.252 e. The zero-order valence-corrected chi connectivity index (χ0v) is 22.9. The number of hydrogen-bond donors (Lipinski definition) is 3.